The highest BCUT2D eigenvalue weighted by molar-refractivity contribution is 7.13. The molecule has 2 rings (SSSR count). The molecule has 0 atom stereocenters. The maximum atomic E-state index is 11.9. The summed E-state index contributed by atoms with van der Waals surface area (Å²) in [7, 11) is 5.15. The number of anilines is 1. The summed E-state index contributed by atoms with van der Waals surface area (Å²) in [6.07, 6.45) is 1.19. The van der Waals surface area contributed by atoms with Gasteiger partial charge in [-0.1, -0.05) is 0 Å². The SMILES string of the molecule is CN(C)c1nc(CNC(=O)Cc2c[nH]c(=O)n(C)c2=O)cs1. The van der Waals surface area contributed by atoms with Crippen LogP contribution in [0.4, 0.5) is 5.13 Å². The lowest BCUT2D eigenvalue weighted by Crippen LogP contribution is -2.36. The predicted octanol–water partition coefficient (Wildman–Crippen LogP) is -0.545. The van der Waals surface area contributed by atoms with Crippen LogP contribution >= 0.6 is 11.3 Å². The molecule has 22 heavy (non-hydrogen) atoms. The van der Waals surface area contributed by atoms with E-state index in [0.29, 0.717) is 6.54 Å². The second-order valence-electron chi connectivity index (χ2n) is 4.95. The number of amides is 1. The molecular formula is C13H17N5O3S. The molecule has 2 N–H and O–H groups in total. The van der Waals surface area contributed by atoms with Crippen LogP contribution in [-0.2, 0) is 24.8 Å². The second-order valence-corrected chi connectivity index (χ2v) is 5.79. The number of hydrogen-bond donors (Lipinski definition) is 2. The predicted molar refractivity (Wildman–Crippen MR) is 84.3 cm³/mol. The van der Waals surface area contributed by atoms with Crippen molar-refractivity contribution in [3.63, 3.8) is 0 Å². The van der Waals surface area contributed by atoms with Crippen LogP contribution in [0.5, 0.6) is 0 Å². The first-order chi connectivity index (χ1) is 10.4. The van der Waals surface area contributed by atoms with Gasteiger partial charge in [-0.2, -0.15) is 0 Å². The molecule has 0 aliphatic heterocycles. The number of rotatable bonds is 5. The molecule has 9 heteroatoms. The van der Waals surface area contributed by atoms with E-state index in [1.807, 2.05) is 24.4 Å². The Morgan fingerprint density at radius 2 is 2.18 bits per heavy atom. The molecule has 0 bridgehead atoms. The fraction of sp³-hybridized carbons (Fsp3) is 0.385. The maximum absolute atomic E-state index is 11.9. The Balaban J connectivity index is 1.97. The number of nitrogens with one attached hydrogen (secondary N) is 2. The van der Waals surface area contributed by atoms with E-state index in [4.69, 9.17) is 0 Å². The zero-order chi connectivity index (χ0) is 16.3. The van der Waals surface area contributed by atoms with Crippen molar-refractivity contribution in [2.24, 2.45) is 7.05 Å². The third-order valence-corrected chi connectivity index (χ3v) is 4.05. The number of carbonyl (C=O) groups is 1. The number of aromatic nitrogens is 3. The van der Waals surface area contributed by atoms with E-state index in [1.165, 1.54) is 24.6 Å². The van der Waals surface area contributed by atoms with E-state index < -0.39 is 11.2 Å². The lowest BCUT2D eigenvalue weighted by Gasteiger charge is -2.06. The largest absolute Gasteiger partial charge is 0.354 e. The third kappa shape index (κ3) is 3.61. The maximum Gasteiger partial charge on any atom is 0.328 e. The van der Waals surface area contributed by atoms with Gasteiger partial charge in [-0.25, -0.2) is 9.78 Å². The summed E-state index contributed by atoms with van der Waals surface area (Å²) < 4.78 is 0.937. The molecule has 118 valence electrons. The van der Waals surface area contributed by atoms with E-state index in [1.54, 1.807) is 0 Å². The molecule has 2 heterocycles. The van der Waals surface area contributed by atoms with Crippen LogP contribution in [0.3, 0.4) is 0 Å². The van der Waals surface area contributed by atoms with Crippen LogP contribution in [0.2, 0.25) is 0 Å². The zero-order valence-corrected chi connectivity index (χ0v) is 13.4. The van der Waals surface area contributed by atoms with E-state index in [2.05, 4.69) is 15.3 Å². The molecule has 0 unspecified atom stereocenters. The molecular weight excluding hydrogens is 306 g/mol. The van der Waals surface area contributed by atoms with Gasteiger partial charge in [0.25, 0.3) is 5.56 Å². The minimum atomic E-state index is -0.507. The molecule has 0 radical (unpaired) electrons. The molecule has 8 nitrogen and oxygen atoms in total. The summed E-state index contributed by atoms with van der Waals surface area (Å²) in [5, 5.41) is 5.44. The Morgan fingerprint density at radius 1 is 1.45 bits per heavy atom. The van der Waals surface area contributed by atoms with Gasteiger partial charge in [-0.05, 0) is 0 Å². The summed E-state index contributed by atoms with van der Waals surface area (Å²) in [5.74, 6) is -0.302. The topological polar surface area (TPSA) is 100 Å². The van der Waals surface area contributed by atoms with E-state index >= 15 is 0 Å². The minimum absolute atomic E-state index is 0.0892. The fourth-order valence-electron chi connectivity index (χ4n) is 1.75. The van der Waals surface area contributed by atoms with Crippen LogP contribution in [0.25, 0.3) is 0 Å². The highest BCUT2D eigenvalue weighted by Gasteiger charge is 2.10. The highest BCUT2D eigenvalue weighted by atomic mass is 32.1. The van der Waals surface area contributed by atoms with E-state index in [-0.39, 0.29) is 17.9 Å². The van der Waals surface area contributed by atoms with Crippen LogP contribution in [0.15, 0.2) is 21.2 Å². The van der Waals surface area contributed by atoms with Gasteiger partial charge in [0.15, 0.2) is 5.13 Å². The monoisotopic (exact) mass is 323 g/mol. The molecule has 0 aromatic carbocycles. The van der Waals surface area contributed by atoms with Crippen molar-refractivity contribution in [1.82, 2.24) is 19.9 Å². The standard InChI is InChI=1S/C13H17N5O3S/c1-17(2)13-16-9(7-22-13)6-14-10(19)4-8-5-15-12(21)18(3)11(8)20/h5,7H,4,6H2,1-3H3,(H,14,19)(H,15,21). The van der Waals surface area contributed by atoms with E-state index in [0.717, 1.165) is 15.4 Å². The lowest BCUT2D eigenvalue weighted by molar-refractivity contribution is -0.120. The summed E-state index contributed by atoms with van der Waals surface area (Å²) in [5.41, 5.74) is 0.0265. The number of hydrogen-bond acceptors (Lipinski definition) is 6. The fourth-order valence-corrected chi connectivity index (χ4v) is 2.51. The highest BCUT2D eigenvalue weighted by Crippen LogP contribution is 2.17. The van der Waals surface area contributed by atoms with Crippen molar-refractivity contribution < 1.29 is 4.79 Å². The number of aromatic amines is 1. The van der Waals surface area contributed by atoms with Crippen molar-refractivity contribution in [3.8, 4) is 0 Å². The average molecular weight is 323 g/mol. The van der Waals surface area contributed by atoms with Crippen LogP contribution < -0.4 is 21.5 Å². The number of nitrogens with zero attached hydrogens (tertiary/aromatic N) is 3. The Kier molecular flexibility index (Phi) is 4.76. The minimum Gasteiger partial charge on any atom is -0.354 e. The van der Waals surface area contributed by atoms with Gasteiger partial charge in [-0.15, -0.1) is 11.3 Å². The summed E-state index contributed by atoms with van der Waals surface area (Å²) in [4.78, 5) is 43.6. The van der Waals surface area contributed by atoms with Crippen LogP contribution in [0, 0.1) is 0 Å². The molecule has 0 aliphatic rings. The smallest absolute Gasteiger partial charge is 0.328 e. The number of carbonyl (C=O) groups excluding carboxylic acids is 1. The normalized spacial score (nSPS) is 10.5. The van der Waals surface area contributed by atoms with Gasteiger partial charge in [0.2, 0.25) is 5.91 Å². The molecule has 0 saturated carbocycles. The number of H-pyrrole nitrogens is 1. The van der Waals surface area contributed by atoms with E-state index in [9.17, 15) is 14.4 Å². The first-order valence-electron chi connectivity index (χ1n) is 6.54. The summed E-state index contributed by atoms with van der Waals surface area (Å²) in [6, 6.07) is 0. The lowest BCUT2D eigenvalue weighted by atomic mass is 10.2. The van der Waals surface area contributed by atoms with Crippen molar-refractivity contribution >= 4 is 22.4 Å². The van der Waals surface area contributed by atoms with Gasteiger partial charge in [-0.3, -0.25) is 14.2 Å². The molecule has 0 spiro atoms. The Labute approximate surface area is 130 Å². The summed E-state index contributed by atoms with van der Waals surface area (Å²) in [6.45, 7) is 0.298. The Morgan fingerprint density at radius 3 is 2.82 bits per heavy atom. The van der Waals surface area contributed by atoms with Gasteiger partial charge in [0.1, 0.15) is 0 Å². The number of thiazole rings is 1. The van der Waals surface area contributed by atoms with Gasteiger partial charge in [0.05, 0.1) is 18.7 Å². The summed E-state index contributed by atoms with van der Waals surface area (Å²) >= 11 is 1.49. The second kappa shape index (κ2) is 6.56. The molecule has 0 aliphatic carbocycles. The van der Waals surface area contributed by atoms with Gasteiger partial charge >= 0.3 is 5.69 Å². The average Bonchev–Trinajstić information content (AvgIpc) is 2.95. The van der Waals surface area contributed by atoms with Crippen molar-refractivity contribution in [2.45, 2.75) is 13.0 Å². The van der Waals surface area contributed by atoms with Gasteiger partial charge < -0.3 is 15.2 Å². The zero-order valence-electron chi connectivity index (χ0n) is 12.5. The molecule has 0 fully saturated rings. The molecule has 0 saturated heterocycles. The molecule has 2 aromatic heterocycles. The Hall–Kier alpha value is -2.42. The van der Waals surface area contributed by atoms with Crippen LogP contribution in [0.1, 0.15) is 11.3 Å². The Bertz CT molecular complexity index is 789. The molecule has 2 aromatic rings. The van der Waals surface area contributed by atoms with Crippen molar-refractivity contribution in [1.29, 1.82) is 0 Å². The quantitative estimate of drug-likeness (QED) is 0.769. The van der Waals surface area contributed by atoms with Crippen molar-refractivity contribution in [3.05, 3.63) is 43.7 Å². The first-order valence-corrected chi connectivity index (χ1v) is 7.42. The van der Waals surface area contributed by atoms with Crippen LogP contribution in [-0.4, -0.2) is 34.5 Å². The first kappa shape index (κ1) is 16.0. The third-order valence-electron chi connectivity index (χ3n) is 2.99. The van der Waals surface area contributed by atoms with Gasteiger partial charge in [0, 0.05) is 38.3 Å². The van der Waals surface area contributed by atoms with Crippen molar-refractivity contribution in [2.75, 3.05) is 19.0 Å². The molecule has 1 amide bonds.